The molecule has 0 fully saturated rings. The summed E-state index contributed by atoms with van der Waals surface area (Å²) in [5, 5.41) is 0. The first-order valence-corrected chi connectivity index (χ1v) is 33.9. The first-order chi connectivity index (χ1) is 43.6. The highest BCUT2D eigenvalue weighted by atomic mass is 32.2. The number of rotatable bonds is 8. The van der Waals surface area contributed by atoms with Crippen molar-refractivity contribution >= 4 is 9.84 Å². The summed E-state index contributed by atoms with van der Waals surface area (Å²) in [6.45, 7) is 45.3. The highest BCUT2D eigenvalue weighted by molar-refractivity contribution is 7.91. The van der Waals surface area contributed by atoms with Crippen LogP contribution in [0.3, 0.4) is 0 Å². The molecule has 0 radical (unpaired) electrons. The van der Waals surface area contributed by atoms with E-state index in [9.17, 15) is 34.8 Å². The van der Waals surface area contributed by atoms with E-state index in [2.05, 4.69) is 163 Å². The Morgan fingerprint density at radius 3 is 0.593 bits per heavy atom. The van der Waals surface area contributed by atoms with Gasteiger partial charge < -0.3 is 0 Å². The molecule has 0 atom stereocenters. The molecule has 0 saturated carbocycles. The second-order valence-electron chi connectivity index (χ2n) is 19.3. The van der Waals surface area contributed by atoms with Gasteiger partial charge >= 0.3 is 12.4 Å². The minimum atomic E-state index is -5.52. The van der Waals surface area contributed by atoms with E-state index in [4.69, 9.17) is 0 Å². The monoisotopic (exact) mass is 1280 g/mol. The molecule has 0 N–H and O–H groups in total. The van der Waals surface area contributed by atoms with Crippen LogP contribution in [0.4, 0.5) is 26.3 Å². The van der Waals surface area contributed by atoms with Gasteiger partial charge in [-0.05, 0) is 69.5 Å². The number of benzene rings is 9. The van der Waals surface area contributed by atoms with Gasteiger partial charge in [-0.2, -0.15) is 26.3 Å². The fourth-order valence-electron chi connectivity index (χ4n) is 7.38. The fraction of sp³-hybridized carbons (Fsp3) is 0.341. The molecule has 0 aliphatic carbocycles. The van der Waals surface area contributed by atoms with E-state index in [1.807, 2.05) is 147 Å². The van der Waals surface area contributed by atoms with Gasteiger partial charge in [0.2, 0.25) is 15.3 Å². The van der Waals surface area contributed by atoms with Crippen LogP contribution < -0.4 is 0 Å². The van der Waals surface area contributed by atoms with E-state index in [1.54, 1.807) is 60.7 Å². The molecule has 0 spiro atoms. The fourth-order valence-corrected chi connectivity index (χ4v) is 8.69. The highest BCUT2D eigenvalue weighted by Gasteiger charge is 2.72. The molecule has 0 aliphatic heterocycles. The summed E-state index contributed by atoms with van der Waals surface area (Å²) in [6.07, 6.45) is -10.0. The summed E-state index contributed by atoms with van der Waals surface area (Å²) in [5.41, 5.74) is 0.299. The van der Waals surface area contributed by atoms with Gasteiger partial charge in [-0.1, -0.05) is 407 Å². The normalized spacial score (nSPS) is 9.89. The molecule has 0 amide bonds. The highest BCUT2D eigenvalue weighted by Crippen LogP contribution is 2.56. The molecule has 91 heavy (non-hydrogen) atoms. The molecule has 0 unspecified atom stereocenters. The Morgan fingerprint density at radius 2 is 0.407 bits per heavy atom. The minimum absolute atomic E-state index is 0.0858. The average molecular weight is 1280 g/mol. The van der Waals surface area contributed by atoms with Crippen molar-refractivity contribution < 1.29 is 34.8 Å². The van der Waals surface area contributed by atoms with E-state index in [-0.39, 0.29) is 5.41 Å². The van der Waals surface area contributed by atoms with Gasteiger partial charge in [0.05, 0.1) is 9.79 Å². The van der Waals surface area contributed by atoms with Crippen LogP contribution in [0.25, 0.3) is 0 Å². The van der Waals surface area contributed by atoms with Gasteiger partial charge in [-0.25, -0.2) is 8.42 Å². The van der Waals surface area contributed by atoms with E-state index < -0.39 is 38.7 Å². The van der Waals surface area contributed by atoms with Crippen LogP contribution in [0.5, 0.6) is 0 Å². The Bertz CT molecular complexity index is 2800. The number of hydrogen-bond donors (Lipinski definition) is 0. The molecule has 0 saturated heterocycles. The summed E-state index contributed by atoms with van der Waals surface area (Å²) in [5.74, 6) is 0. The quantitative estimate of drug-likeness (QED) is 0.142. The summed E-state index contributed by atoms with van der Waals surface area (Å²) >= 11 is 0. The third kappa shape index (κ3) is 36.8. The van der Waals surface area contributed by atoms with Gasteiger partial charge in [0.25, 0.3) is 0 Å². The number of alkyl halides is 6. The Labute approximate surface area is 551 Å². The van der Waals surface area contributed by atoms with Crippen molar-refractivity contribution in [2.45, 2.75) is 192 Å². The summed E-state index contributed by atoms with van der Waals surface area (Å²) < 4.78 is 105. The molecule has 9 heteroatoms. The molecule has 0 aliphatic rings. The van der Waals surface area contributed by atoms with Crippen LogP contribution in [0.15, 0.2) is 289 Å². The topological polar surface area (TPSA) is 34.1 Å². The van der Waals surface area contributed by atoms with E-state index in [0.29, 0.717) is 15.2 Å². The van der Waals surface area contributed by atoms with Crippen LogP contribution in [0.1, 0.15) is 186 Å². The van der Waals surface area contributed by atoms with Crippen LogP contribution in [-0.2, 0) is 27.1 Å². The van der Waals surface area contributed by atoms with E-state index >= 15 is 0 Å². The lowest BCUT2D eigenvalue weighted by Crippen LogP contribution is -2.54. The summed E-state index contributed by atoms with van der Waals surface area (Å²) in [6, 6.07) is 81.9. The number of hydrogen-bond acceptors (Lipinski definition) is 2. The predicted octanol–water partition coefficient (Wildman–Crippen LogP) is 26.9. The molecule has 9 rings (SSSR count). The van der Waals surface area contributed by atoms with Gasteiger partial charge in [-0.15, -0.1) is 0 Å². The van der Waals surface area contributed by atoms with Gasteiger partial charge in [-0.3, -0.25) is 0 Å². The largest absolute Gasteiger partial charge is 0.411 e. The lowest BCUT2D eigenvalue weighted by atomic mass is 9.73. The molecule has 0 bridgehead atoms. The molecule has 502 valence electrons. The van der Waals surface area contributed by atoms with Crippen molar-refractivity contribution in [2.24, 2.45) is 5.41 Å². The zero-order valence-electron chi connectivity index (χ0n) is 59.3. The molecule has 9 aromatic carbocycles. The maximum absolute atomic E-state index is 13.5. The molecular formula is C82H114F6O2S. The van der Waals surface area contributed by atoms with Crippen molar-refractivity contribution in [3.8, 4) is 0 Å². The Hall–Kier alpha value is -7.49. The van der Waals surface area contributed by atoms with Gasteiger partial charge in [0, 0.05) is 5.41 Å². The van der Waals surface area contributed by atoms with E-state index in [0.717, 1.165) is 55.0 Å². The molecule has 2 nitrogen and oxygen atoms in total. The lowest BCUT2D eigenvalue weighted by molar-refractivity contribution is -0.288. The SMILES string of the molecule is CC.CC.CC.CC.CC.CC.CC.CC.CC(C)(C)C.CC(C)(c1ccccc1)c1ccccc1.FC(F)(F)C(c1ccccc1)(c1ccccc1)C(F)(F)F.O=S(=O)(c1ccccc1)c1ccccc1.c1ccc(Cc2ccccc2)cc1.c1ccccc1. The van der Waals surface area contributed by atoms with Crippen molar-refractivity contribution in [1.29, 1.82) is 0 Å². The van der Waals surface area contributed by atoms with Crippen LogP contribution >= 0.6 is 0 Å². The first-order valence-electron chi connectivity index (χ1n) is 32.4. The smallest absolute Gasteiger partial charge is 0.219 e. The van der Waals surface area contributed by atoms with Gasteiger partial charge in [0.1, 0.15) is 0 Å². The zero-order valence-corrected chi connectivity index (χ0v) is 60.1. The molecule has 0 aromatic heterocycles. The van der Waals surface area contributed by atoms with Crippen molar-refractivity contribution in [2.75, 3.05) is 0 Å². The number of halogens is 6. The second-order valence-corrected chi connectivity index (χ2v) is 21.2. The van der Waals surface area contributed by atoms with Crippen molar-refractivity contribution in [1.82, 2.24) is 0 Å². The van der Waals surface area contributed by atoms with Crippen LogP contribution in [0, 0.1) is 5.41 Å². The summed E-state index contributed by atoms with van der Waals surface area (Å²) in [4.78, 5) is 0.660. The zero-order chi connectivity index (χ0) is 70.9. The maximum atomic E-state index is 13.5. The number of sulfone groups is 1. The molecular weight excluding hydrogens is 1160 g/mol. The van der Waals surface area contributed by atoms with Crippen LogP contribution in [0.2, 0.25) is 0 Å². The van der Waals surface area contributed by atoms with Gasteiger partial charge in [0.15, 0.2) is 0 Å². The standard InChI is InChI=1S/C15H10F6.C15H16.C13H12.C12H10O2S.C6H6.C5H12.8C2H6/c16-14(17,18)13(15(19,20)21,11-7-3-1-4-8-11)12-9-5-2-6-10-12;1-15(2,13-9-5-3-6-10-13)14-11-7-4-8-12-14;1-3-7-12(8-4-1)11-13-9-5-2-6-10-13;13-15(14,11-7-3-1-4-8-11)12-9-5-2-6-10-12;1-2-4-6-5-3-1;1-5(2,3)4;8*1-2/h1-10H;3-12H,1-2H3;1-10H,11H2;1-10H;1-6H;1-4H3;8*1-2H3. The lowest BCUT2D eigenvalue weighted by Gasteiger charge is -2.38. The Kier molecular flexibility index (Phi) is 56.1. The van der Waals surface area contributed by atoms with E-state index in [1.165, 1.54) is 34.4 Å². The molecule has 0 heterocycles. The average Bonchev–Trinajstić information content (AvgIpc) is 0.795. The van der Waals surface area contributed by atoms with Crippen molar-refractivity contribution in [3.63, 3.8) is 0 Å². The van der Waals surface area contributed by atoms with Crippen LogP contribution in [-0.4, -0.2) is 20.8 Å². The Morgan fingerprint density at radius 1 is 0.253 bits per heavy atom. The van der Waals surface area contributed by atoms with Crippen molar-refractivity contribution in [3.05, 3.63) is 312 Å². The maximum Gasteiger partial charge on any atom is 0.411 e. The third-order valence-electron chi connectivity index (χ3n) is 11.1. The molecule has 9 aromatic rings. The summed E-state index contributed by atoms with van der Waals surface area (Å²) in [7, 11) is -3.34. The second kappa shape index (κ2) is 55.4. The Balaban J connectivity index is -0.000000322. The predicted molar refractivity (Wildman–Crippen MR) is 387 cm³/mol. The first kappa shape index (κ1) is 92.2. The third-order valence-corrected chi connectivity index (χ3v) is 12.9. The minimum Gasteiger partial charge on any atom is -0.219 e.